The van der Waals surface area contributed by atoms with Crippen LogP contribution in [0.15, 0.2) is 84.9 Å². The van der Waals surface area contributed by atoms with Crippen molar-refractivity contribution in [2.45, 2.75) is 6.42 Å². The number of alkyl halides is 1. The Balaban J connectivity index is 2.02. The Bertz CT molecular complexity index is 900. The fourth-order valence-corrected chi connectivity index (χ4v) is 3.64. The second-order valence-electron chi connectivity index (χ2n) is 7.33. The van der Waals surface area contributed by atoms with Gasteiger partial charge in [0.2, 0.25) is 0 Å². The van der Waals surface area contributed by atoms with E-state index in [1.807, 2.05) is 0 Å². The fourth-order valence-electron chi connectivity index (χ4n) is 3.45. The van der Waals surface area contributed by atoms with Crippen molar-refractivity contribution in [3.05, 3.63) is 102 Å². The maximum Gasteiger partial charge on any atom is 0.0341 e. The number of benzene rings is 3. The number of allylic oxidation sites excluding steroid dienone is 1. The van der Waals surface area contributed by atoms with E-state index >= 15 is 0 Å². The van der Waals surface area contributed by atoms with E-state index in [0.29, 0.717) is 5.88 Å². The molecule has 0 saturated carbocycles. The Morgan fingerprint density at radius 1 is 0.759 bits per heavy atom. The van der Waals surface area contributed by atoms with Crippen molar-refractivity contribution in [2.24, 2.45) is 0 Å². The van der Waals surface area contributed by atoms with Gasteiger partial charge in [0, 0.05) is 24.7 Å². The summed E-state index contributed by atoms with van der Waals surface area (Å²) in [5.41, 5.74) is 7.31. The third-order valence-electron chi connectivity index (χ3n) is 4.89. The number of rotatable bonds is 9. The Labute approximate surface area is 179 Å². The summed E-state index contributed by atoms with van der Waals surface area (Å²) in [5.74, 6) is 0.588. The minimum absolute atomic E-state index is 0.588. The summed E-state index contributed by atoms with van der Waals surface area (Å²) in [7, 11) is 4.17. The molecule has 3 aromatic carbocycles. The zero-order valence-electron chi connectivity index (χ0n) is 17.2. The third kappa shape index (κ3) is 5.96. The van der Waals surface area contributed by atoms with E-state index in [1.54, 1.807) is 0 Å². The van der Waals surface area contributed by atoms with Crippen LogP contribution in [0, 0.1) is 0 Å². The molecule has 150 valence electrons. The van der Waals surface area contributed by atoms with Gasteiger partial charge in [-0.15, -0.1) is 11.6 Å². The van der Waals surface area contributed by atoms with Crippen molar-refractivity contribution >= 4 is 28.4 Å². The Kier molecular flexibility index (Phi) is 7.92. The quantitative estimate of drug-likeness (QED) is 0.335. The minimum atomic E-state index is 0.588. The van der Waals surface area contributed by atoms with Gasteiger partial charge in [-0.2, -0.15) is 0 Å². The van der Waals surface area contributed by atoms with Crippen molar-refractivity contribution in [2.75, 3.05) is 38.4 Å². The van der Waals surface area contributed by atoms with Gasteiger partial charge < -0.3 is 10.2 Å². The van der Waals surface area contributed by atoms with E-state index in [1.165, 1.54) is 27.8 Å². The van der Waals surface area contributed by atoms with E-state index in [-0.39, 0.29) is 0 Å². The monoisotopic (exact) mass is 404 g/mol. The summed E-state index contributed by atoms with van der Waals surface area (Å²) in [6.07, 6.45) is 0.818. The molecule has 0 amide bonds. The molecule has 0 bridgehead atoms. The van der Waals surface area contributed by atoms with Gasteiger partial charge in [-0.25, -0.2) is 0 Å². The lowest BCUT2D eigenvalue weighted by Gasteiger charge is -2.17. The van der Waals surface area contributed by atoms with Gasteiger partial charge in [0.15, 0.2) is 0 Å². The van der Waals surface area contributed by atoms with E-state index < -0.39 is 0 Å². The summed E-state index contributed by atoms with van der Waals surface area (Å²) >= 11 is 6.22. The number of likely N-dealkylation sites (N-methyl/N-ethyl adjacent to an activating group) is 1. The molecule has 0 unspecified atom stereocenters. The maximum absolute atomic E-state index is 6.22. The van der Waals surface area contributed by atoms with Crippen molar-refractivity contribution in [3.63, 3.8) is 0 Å². The second kappa shape index (κ2) is 10.8. The highest BCUT2D eigenvalue weighted by Gasteiger charge is 2.13. The van der Waals surface area contributed by atoms with Gasteiger partial charge in [-0.05, 0) is 60.5 Å². The highest BCUT2D eigenvalue weighted by Crippen LogP contribution is 2.35. The lowest BCUT2D eigenvalue weighted by molar-refractivity contribution is 0.425. The largest absolute Gasteiger partial charge is 0.384 e. The predicted octanol–water partition coefficient (Wildman–Crippen LogP) is 6.25. The molecule has 0 radical (unpaired) electrons. The summed E-state index contributed by atoms with van der Waals surface area (Å²) in [4.78, 5) is 2.18. The van der Waals surface area contributed by atoms with Crippen LogP contribution in [0.5, 0.6) is 0 Å². The van der Waals surface area contributed by atoms with Crippen molar-refractivity contribution in [1.29, 1.82) is 0 Å². The molecule has 0 aliphatic heterocycles. The first-order valence-electron chi connectivity index (χ1n) is 10.1. The smallest absolute Gasteiger partial charge is 0.0341 e. The molecule has 0 spiro atoms. The van der Waals surface area contributed by atoms with Crippen molar-refractivity contribution in [3.8, 4) is 0 Å². The lowest BCUT2D eigenvalue weighted by Crippen LogP contribution is -2.20. The molecule has 3 rings (SSSR count). The number of hydrogen-bond acceptors (Lipinski definition) is 2. The highest BCUT2D eigenvalue weighted by atomic mass is 35.5. The van der Waals surface area contributed by atoms with Crippen LogP contribution in [0.3, 0.4) is 0 Å². The standard InChI is InChI=1S/C26H29ClN2/c1-29(2)20-19-28-24-15-13-23(14-16-24)26(22-11-7-4-8-12-22)25(17-18-27)21-9-5-3-6-10-21/h3-16,28H,17-20H2,1-2H3. The average molecular weight is 405 g/mol. The molecule has 0 aliphatic carbocycles. The Hall–Kier alpha value is -2.55. The van der Waals surface area contributed by atoms with Crippen LogP contribution in [0.4, 0.5) is 5.69 Å². The SMILES string of the molecule is CN(C)CCNc1ccc(C(=C(CCCl)c2ccccc2)c2ccccc2)cc1. The normalized spacial score (nSPS) is 12.0. The van der Waals surface area contributed by atoms with Crippen LogP contribution in [-0.2, 0) is 0 Å². The molecule has 0 aliphatic rings. The predicted molar refractivity (Wildman–Crippen MR) is 128 cm³/mol. The first-order valence-corrected chi connectivity index (χ1v) is 10.6. The summed E-state index contributed by atoms with van der Waals surface area (Å²) in [5, 5.41) is 3.49. The molecular formula is C26H29ClN2. The lowest BCUT2D eigenvalue weighted by atomic mass is 9.88. The summed E-state index contributed by atoms with van der Waals surface area (Å²) in [6.45, 7) is 1.93. The number of nitrogens with zero attached hydrogens (tertiary/aromatic N) is 1. The maximum atomic E-state index is 6.22. The van der Waals surface area contributed by atoms with Gasteiger partial charge >= 0.3 is 0 Å². The van der Waals surface area contributed by atoms with Gasteiger partial charge in [-0.3, -0.25) is 0 Å². The first-order chi connectivity index (χ1) is 14.2. The topological polar surface area (TPSA) is 15.3 Å². The van der Waals surface area contributed by atoms with Gasteiger partial charge in [0.25, 0.3) is 0 Å². The van der Waals surface area contributed by atoms with E-state index in [0.717, 1.165) is 25.2 Å². The zero-order valence-corrected chi connectivity index (χ0v) is 18.0. The van der Waals surface area contributed by atoms with E-state index in [4.69, 9.17) is 11.6 Å². The fraction of sp³-hybridized carbons (Fsp3) is 0.231. The molecule has 0 heterocycles. The first kappa shape index (κ1) is 21.2. The Morgan fingerprint density at radius 2 is 1.31 bits per heavy atom. The van der Waals surface area contributed by atoms with Gasteiger partial charge in [0.05, 0.1) is 0 Å². The molecule has 0 atom stereocenters. The third-order valence-corrected chi connectivity index (χ3v) is 5.08. The minimum Gasteiger partial charge on any atom is -0.384 e. The van der Waals surface area contributed by atoms with E-state index in [9.17, 15) is 0 Å². The molecule has 0 fully saturated rings. The number of anilines is 1. The molecule has 3 heteroatoms. The zero-order chi connectivity index (χ0) is 20.5. The molecular weight excluding hydrogens is 376 g/mol. The van der Waals surface area contributed by atoms with Crippen LogP contribution in [0.2, 0.25) is 0 Å². The molecule has 0 aromatic heterocycles. The van der Waals surface area contributed by atoms with Crippen LogP contribution in [-0.4, -0.2) is 38.0 Å². The summed E-state index contributed by atoms with van der Waals surface area (Å²) in [6, 6.07) is 29.9. The van der Waals surface area contributed by atoms with E-state index in [2.05, 4.69) is 109 Å². The van der Waals surface area contributed by atoms with Crippen molar-refractivity contribution < 1.29 is 0 Å². The number of halogens is 1. The van der Waals surface area contributed by atoms with Crippen LogP contribution in [0.25, 0.3) is 11.1 Å². The molecule has 2 nitrogen and oxygen atoms in total. The Morgan fingerprint density at radius 3 is 1.86 bits per heavy atom. The van der Waals surface area contributed by atoms with Crippen molar-refractivity contribution in [1.82, 2.24) is 4.90 Å². The average Bonchev–Trinajstić information content (AvgIpc) is 2.75. The van der Waals surface area contributed by atoms with Crippen LogP contribution < -0.4 is 5.32 Å². The number of hydrogen-bond donors (Lipinski definition) is 1. The summed E-state index contributed by atoms with van der Waals surface area (Å²) < 4.78 is 0. The van der Waals surface area contributed by atoms with Gasteiger partial charge in [-0.1, -0.05) is 72.8 Å². The molecule has 1 N–H and O–H groups in total. The van der Waals surface area contributed by atoms with Crippen LogP contribution in [0.1, 0.15) is 23.1 Å². The van der Waals surface area contributed by atoms with Crippen LogP contribution >= 0.6 is 11.6 Å². The van der Waals surface area contributed by atoms with Gasteiger partial charge in [0.1, 0.15) is 0 Å². The second-order valence-corrected chi connectivity index (χ2v) is 7.71. The molecule has 29 heavy (non-hydrogen) atoms. The highest BCUT2D eigenvalue weighted by molar-refractivity contribution is 6.18. The molecule has 0 saturated heterocycles. The number of nitrogens with one attached hydrogen (secondary N) is 1. The molecule has 3 aromatic rings.